The minimum atomic E-state index is -1.39. The number of carbonyl (C=O) groups is 2. The van der Waals surface area contributed by atoms with Crippen molar-refractivity contribution in [2.75, 3.05) is 32.0 Å². The molecule has 3 aromatic rings. The smallest absolute Gasteiger partial charge is 0.410 e. The molecule has 2 atom stereocenters. The Labute approximate surface area is 226 Å². The minimum absolute atomic E-state index is 0.144. The van der Waals surface area contributed by atoms with Gasteiger partial charge >= 0.3 is 6.09 Å². The molecule has 1 aliphatic rings. The number of likely N-dealkylation sites (tertiary alicyclic amines) is 1. The van der Waals surface area contributed by atoms with Gasteiger partial charge in [-0.3, -0.25) is 9.36 Å². The van der Waals surface area contributed by atoms with Gasteiger partial charge in [0, 0.05) is 26.1 Å². The van der Waals surface area contributed by atoms with E-state index in [1.165, 1.54) is 6.33 Å². The van der Waals surface area contributed by atoms with Gasteiger partial charge in [-0.05, 0) is 31.2 Å². The van der Waals surface area contributed by atoms with E-state index in [1.54, 1.807) is 16.4 Å². The average molecular weight is 542 g/mol. The fraction of sp³-hybridized carbons (Fsp3) is 0.500. The molecule has 0 saturated carbocycles. The third kappa shape index (κ3) is 7.19. The molecule has 2 aromatic heterocycles. The summed E-state index contributed by atoms with van der Waals surface area (Å²) in [7, 11) is 0. The number of ether oxygens (including phenoxy) is 2. The largest absolute Gasteiger partial charge is 0.445 e. The number of aliphatic hydroxyl groups is 2. The first-order valence-electron chi connectivity index (χ1n) is 13.0. The van der Waals surface area contributed by atoms with E-state index < -0.39 is 24.7 Å². The highest BCUT2D eigenvalue weighted by atomic mass is 16.6. The van der Waals surface area contributed by atoms with Crippen LogP contribution in [0.3, 0.4) is 0 Å². The number of nitrogens with two attached hydrogens (primary N) is 1. The number of hydrogen-bond donors (Lipinski definition) is 4. The fourth-order valence-corrected chi connectivity index (χ4v) is 4.48. The van der Waals surface area contributed by atoms with Crippen LogP contribution in [-0.2, 0) is 34.0 Å². The van der Waals surface area contributed by atoms with Crippen molar-refractivity contribution in [3.05, 3.63) is 48.0 Å². The first-order valence-corrected chi connectivity index (χ1v) is 13.0. The zero-order chi connectivity index (χ0) is 27.8. The molecule has 1 fully saturated rings. The Balaban J connectivity index is 1.35. The predicted molar refractivity (Wildman–Crippen MR) is 141 cm³/mol. The summed E-state index contributed by atoms with van der Waals surface area (Å²) in [4.78, 5) is 39.8. The highest BCUT2D eigenvalue weighted by Crippen LogP contribution is 2.24. The number of amides is 2. The molecule has 2 amide bonds. The number of imidazole rings is 1. The van der Waals surface area contributed by atoms with Gasteiger partial charge in [-0.25, -0.2) is 19.7 Å². The number of aliphatic hydroxyl groups excluding tert-OH is 2. The molecule has 0 spiro atoms. The molecule has 4 rings (SSSR count). The van der Waals surface area contributed by atoms with E-state index in [0.29, 0.717) is 43.0 Å². The quantitative estimate of drug-likeness (QED) is 0.272. The number of rotatable bonds is 11. The van der Waals surface area contributed by atoms with Gasteiger partial charge in [0.1, 0.15) is 30.8 Å². The van der Waals surface area contributed by atoms with Crippen LogP contribution in [0.4, 0.5) is 10.6 Å². The minimum Gasteiger partial charge on any atom is -0.445 e. The van der Waals surface area contributed by atoms with Gasteiger partial charge in [-0.1, -0.05) is 30.3 Å². The monoisotopic (exact) mass is 541 g/mol. The number of aromatic nitrogens is 4. The van der Waals surface area contributed by atoms with Crippen LogP contribution in [0.5, 0.6) is 0 Å². The Bertz CT molecular complexity index is 1250. The molecule has 0 aliphatic carbocycles. The molecule has 39 heavy (non-hydrogen) atoms. The van der Waals surface area contributed by atoms with E-state index >= 15 is 0 Å². The Morgan fingerprint density at radius 3 is 2.64 bits per heavy atom. The van der Waals surface area contributed by atoms with Gasteiger partial charge in [0.25, 0.3) is 5.91 Å². The van der Waals surface area contributed by atoms with Crippen LogP contribution in [-0.4, -0.2) is 85.1 Å². The maximum absolute atomic E-state index is 12.5. The lowest BCUT2D eigenvalue weighted by Crippen LogP contribution is -2.45. The van der Waals surface area contributed by atoms with E-state index in [9.17, 15) is 19.8 Å². The number of fused-ring (bicyclic) bond motifs is 1. The van der Waals surface area contributed by atoms with Crippen molar-refractivity contribution in [2.24, 2.45) is 5.92 Å². The zero-order valence-electron chi connectivity index (χ0n) is 21.9. The van der Waals surface area contributed by atoms with E-state index in [0.717, 1.165) is 18.4 Å². The van der Waals surface area contributed by atoms with E-state index in [4.69, 9.17) is 15.2 Å². The number of benzene rings is 1. The molecule has 210 valence electrons. The van der Waals surface area contributed by atoms with Gasteiger partial charge in [0.05, 0.1) is 12.9 Å². The summed E-state index contributed by atoms with van der Waals surface area (Å²) in [6.07, 6.45) is 0.622. The van der Waals surface area contributed by atoms with E-state index in [-0.39, 0.29) is 31.2 Å². The van der Waals surface area contributed by atoms with Gasteiger partial charge in [-0.2, -0.15) is 0 Å². The number of carbonyl (C=O) groups excluding carboxylic acids is 2. The molecule has 1 unspecified atom stereocenters. The highest BCUT2D eigenvalue weighted by molar-refractivity contribution is 5.82. The second-order valence-corrected chi connectivity index (χ2v) is 9.45. The molecule has 13 nitrogen and oxygen atoms in total. The molecular formula is C26H35N7O6. The Morgan fingerprint density at radius 1 is 1.21 bits per heavy atom. The molecular weight excluding hydrogens is 506 g/mol. The third-order valence-electron chi connectivity index (χ3n) is 6.63. The fourth-order valence-electron chi connectivity index (χ4n) is 4.48. The SMILES string of the molecule is CCNC(=O)[C@@H](OCn1cnc2c(N)nc(CC3CCN(C(=O)OCc4ccccc4)CC3)nc21)C(O)CO. The first-order chi connectivity index (χ1) is 18.9. The topological polar surface area (TPSA) is 178 Å². The Hall–Kier alpha value is -3.81. The summed E-state index contributed by atoms with van der Waals surface area (Å²) in [5, 5.41) is 21.9. The summed E-state index contributed by atoms with van der Waals surface area (Å²) >= 11 is 0. The number of piperidine rings is 1. The lowest BCUT2D eigenvalue weighted by Gasteiger charge is -2.31. The standard InChI is InChI=1S/C26H35N7O6/c1-2-28-25(36)22(19(35)13-34)39-16-33-15-29-21-23(27)30-20(31-24(21)33)12-17-8-10-32(11-9-17)26(37)38-14-18-6-4-3-5-7-18/h3-7,15,17,19,22,34-35H,2,8-14,16H2,1H3,(H,28,36)(H2,27,30,31)/t19?,22-/m0/s1. The second kappa shape index (κ2) is 13.3. The van der Waals surface area contributed by atoms with Gasteiger partial charge in [-0.15, -0.1) is 0 Å². The zero-order valence-corrected chi connectivity index (χ0v) is 21.9. The number of nitrogens with zero attached hydrogens (tertiary/aromatic N) is 5. The maximum Gasteiger partial charge on any atom is 0.410 e. The Kier molecular flexibility index (Phi) is 9.63. The second-order valence-electron chi connectivity index (χ2n) is 9.45. The van der Waals surface area contributed by atoms with Crippen molar-refractivity contribution in [3.63, 3.8) is 0 Å². The molecule has 0 radical (unpaired) electrons. The van der Waals surface area contributed by atoms with Gasteiger partial charge < -0.3 is 35.6 Å². The summed E-state index contributed by atoms with van der Waals surface area (Å²) in [5.41, 5.74) is 7.94. The van der Waals surface area contributed by atoms with Crippen molar-refractivity contribution in [3.8, 4) is 0 Å². The summed E-state index contributed by atoms with van der Waals surface area (Å²) < 4.78 is 12.6. The predicted octanol–water partition coefficient (Wildman–Crippen LogP) is 0.832. The maximum atomic E-state index is 12.5. The molecule has 0 bridgehead atoms. The van der Waals surface area contributed by atoms with Crippen LogP contribution in [0.15, 0.2) is 36.7 Å². The number of nitrogens with one attached hydrogen (secondary N) is 1. The lowest BCUT2D eigenvalue weighted by molar-refractivity contribution is -0.147. The molecule has 13 heteroatoms. The molecule has 1 aromatic carbocycles. The van der Waals surface area contributed by atoms with Gasteiger partial charge in [0.15, 0.2) is 17.6 Å². The molecule has 1 aliphatic heterocycles. The van der Waals surface area contributed by atoms with Crippen LogP contribution in [0.1, 0.15) is 31.2 Å². The van der Waals surface area contributed by atoms with E-state index in [1.807, 2.05) is 30.3 Å². The van der Waals surface area contributed by atoms with Crippen molar-refractivity contribution in [1.29, 1.82) is 0 Å². The number of hydrogen-bond acceptors (Lipinski definition) is 10. The van der Waals surface area contributed by atoms with Crippen LogP contribution in [0, 0.1) is 5.92 Å². The van der Waals surface area contributed by atoms with Crippen molar-refractivity contribution in [2.45, 2.75) is 51.7 Å². The van der Waals surface area contributed by atoms with Gasteiger partial charge in [0.2, 0.25) is 0 Å². The van der Waals surface area contributed by atoms with Crippen LogP contribution >= 0.6 is 0 Å². The molecule has 5 N–H and O–H groups in total. The van der Waals surface area contributed by atoms with Crippen LogP contribution in [0.25, 0.3) is 11.2 Å². The normalized spacial score (nSPS) is 15.7. The lowest BCUT2D eigenvalue weighted by atomic mass is 9.93. The molecule has 3 heterocycles. The third-order valence-corrected chi connectivity index (χ3v) is 6.63. The number of nitrogen functional groups attached to an aromatic ring is 1. The van der Waals surface area contributed by atoms with Crippen molar-refractivity contribution < 1.29 is 29.3 Å². The molecule has 1 saturated heterocycles. The van der Waals surface area contributed by atoms with Crippen molar-refractivity contribution >= 4 is 29.0 Å². The van der Waals surface area contributed by atoms with Crippen molar-refractivity contribution in [1.82, 2.24) is 29.7 Å². The first kappa shape index (κ1) is 28.2. The Morgan fingerprint density at radius 2 is 1.95 bits per heavy atom. The highest BCUT2D eigenvalue weighted by Gasteiger charge is 2.28. The number of likely N-dealkylation sites (N-methyl/N-ethyl adjacent to an activating group) is 1. The number of anilines is 1. The van der Waals surface area contributed by atoms with Crippen LogP contribution in [0.2, 0.25) is 0 Å². The summed E-state index contributed by atoms with van der Waals surface area (Å²) in [6, 6.07) is 9.57. The summed E-state index contributed by atoms with van der Waals surface area (Å²) in [5.74, 6) is 0.497. The summed E-state index contributed by atoms with van der Waals surface area (Å²) in [6.45, 7) is 2.72. The average Bonchev–Trinajstić information content (AvgIpc) is 3.36. The van der Waals surface area contributed by atoms with Crippen LogP contribution < -0.4 is 11.1 Å². The van der Waals surface area contributed by atoms with E-state index in [2.05, 4.69) is 20.3 Å².